The Bertz CT molecular complexity index is 605. The van der Waals surface area contributed by atoms with Crippen molar-refractivity contribution in [2.45, 2.75) is 32.2 Å². The highest BCUT2D eigenvalue weighted by atomic mass is 16.1. The lowest BCUT2D eigenvalue weighted by Gasteiger charge is -2.30. The fourth-order valence-electron chi connectivity index (χ4n) is 2.77. The number of rotatable bonds is 5. The number of nitrogens with zero attached hydrogens (tertiary/aromatic N) is 4. The molecule has 1 aliphatic heterocycles. The first-order valence-corrected chi connectivity index (χ1v) is 7.79. The summed E-state index contributed by atoms with van der Waals surface area (Å²) in [4.78, 5) is 18.4. The van der Waals surface area contributed by atoms with E-state index >= 15 is 0 Å². The molecule has 0 atom stereocenters. The smallest absolute Gasteiger partial charge is 0.226 e. The second-order valence-corrected chi connectivity index (χ2v) is 5.52. The summed E-state index contributed by atoms with van der Waals surface area (Å²) in [5.74, 6) is -0.0000376. The van der Waals surface area contributed by atoms with Crippen LogP contribution in [0.3, 0.4) is 0 Å². The number of aryl methyl sites for hydroxylation is 1. The zero-order valence-electron chi connectivity index (χ0n) is 12.6. The Balaban J connectivity index is 1.62. The van der Waals surface area contributed by atoms with E-state index in [0.29, 0.717) is 13.0 Å². The average molecular weight is 299 g/mol. The van der Waals surface area contributed by atoms with Crippen LogP contribution in [0.5, 0.6) is 0 Å². The predicted octanol–water partition coefficient (Wildman–Crippen LogP) is 2.30. The Kier molecular flexibility index (Phi) is 4.68. The van der Waals surface area contributed by atoms with Crippen LogP contribution in [0.4, 0.5) is 11.4 Å². The molecule has 1 fully saturated rings. The van der Waals surface area contributed by atoms with Crippen molar-refractivity contribution in [2.24, 2.45) is 0 Å². The van der Waals surface area contributed by atoms with Gasteiger partial charge in [-0.05, 0) is 31.4 Å². The van der Waals surface area contributed by atoms with Gasteiger partial charge in [-0.1, -0.05) is 12.1 Å². The Morgan fingerprint density at radius 3 is 2.77 bits per heavy atom. The molecule has 3 rings (SSSR count). The van der Waals surface area contributed by atoms with Gasteiger partial charge in [0.25, 0.3) is 0 Å². The van der Waals surface area contributed by atoms with Crippen molar-refractivity contribution < 1.29 is 4.79 Å². The van der Waals surface area contributed by atoms with E-state index in [4.69, 9.17) is 0 Å². The van der Waals surface area contributed by atoms with Crippen LogP contribution in [0.1, 0.15) is 25.7 Å². The number of para-hydroxylation sites is 2. The molecular formula is C16H21N5O. The largest absolute Gasteiger partial charge is 0.370 e. The Morgan fingerprint density at radius 1 is 1.18 bits per heavy atom. The average Bonchev–Trinajstić information content (AvgIpc) is 3.08. The van der Waals surface area contributed by atoms with Crippen molar-refractivity contribution in [3.63, 3.8) is 0 Å². The number of hydrogen-bond donors (Lipinski definition) is 1. The third kappa shape index (κ3) is 3.63. The Labute approximate surface area is 130 Å². The van der Waals surface area contributed by atoms with E-state index in [-0.39, 0.29) is 5.91 Å². The third-order valence-corrected chi connectivity index (χ3v) is 3.91. The first kappa shape index (κ1) is 14.6. The summed E-state index contributed by atoms with van der Waals surface area (Å²) >= 11 is 0. The zero-order valence-corrected chi connectivity index (χ0v) is 12.6. The molecule has 0 bridgehead atoms. The van der Waals surface area contributed by atoms with Gasteiger partial charge >= 0.3 is 0 Å². The van der Waals surface area contributed by atoms with Gasteiger partial charge in [-0.2, -0.15) is 5.10 Å². The lowest BCUT2D eigenvalue weighted by molar-refractivity contribution is -0.116. The summed E-state index contributed by atoms with van der Waals surface area (Å²) in [6.07, 6.45) is 7.21. The summed E-state index contributed by atoms with van der Waals surface area (Å²) in [5.41, 5.74) is 2.02. The molecule has 2 aromatic rings. The predicted molar refractivity (Wildman–Crippen MR) is 85.8 cm³/mol. The number of carbonyl (C=O) groups is 1. The van der Waals surface area contributed by atoms with E-state index in [1.54, 1.807) is 11.0 Å². The molecule has 116 valence electrons. The molecule has 0 spiro atoms. The highest BCUT2D eigenvalue weighted by molar-refractivity contribution is 5.94. The van der Waals surface area contributed by atoms with Crippen LogP contribution in [-0.4, -0.2) is 33.8 Å². The molecule has 0 unspecified atom stereocenters. The summed E-state index contributed by atoms with van der Waals surface area (Å²) in [6, 6.07) is 8.03. The second kappa shape index (κ2) is 7.06. The lowest BCUT2D eigenvalue weighted by atomic mass is 10.1. The first-order chi connectivity index (χ1) is 10.8. The van der Waals surface area contributed by atoms with Crippen molar-refractivity contribution >= 4 is 17.3 Å². The van der Waals surface area contributed by atoms with E-state index in [2.05, 4.69) is 26.4 Å². The maximum absolute atomic E-state index is 12.2. The molecule has 0 saturated carbocycles. The van der Waals surface area contributed by atoms with E-state index in [0.717, 1.165) is 24.5 Å². The molecule has 1 aromatic heterocycles. The monoisotopic (exact) mass is 299 g/mol. The molecule has 1 aromatic carbocycles. The van der Waals surface area contributed by atoms with Crippen LogP contribution >= 0.6 is 0 Å². The highest BCUT2D eigenvalue weighted by Gasteiger charge is 2.15. The van der Waals surface area contributed by atoms with Crippen molar-refractivity contribution in [1.29, 1.82) is 0 Å². The number of benzene rings is 1. The molecule has 0 radical (unpaired) electrons. The van der Waals surface area contributed by atoms with E-state index < -0.39 is 0 Å². The Hall–Kier alpha value is -2.37. The zero-order chi connectivity index (χ0) is 15.2. The van der Waals surface area contributed by atoms with E-state index in [1.807, 2.05) is 18.2 Å². The van der Waals surface area contributed by atoms with Gasteiger partial charge in [0.15, 0.2) is 0 Å². The SMILES string of the molecule is O=C(CCn1cncn1)Nc1ccccc1N1CCCCC1. The van der Waals surface area contributed by atoms with Crippen molar-refractivity contribution in [2.75, 3.05) is 23.3 Å². The molecule has 1 N–H and O–H groups in total. The van der Waals surface area contributed by atoms with Crippen LogP contribution in [0.25, 0.3) is 0 Å². The number of hydrogen-bond acceptors (Lipinski definition) is 4. The van der Waals surface area contributed by atoms with Crippen LogP contribution in [-0.2, 0) is 11.3 Å². The third-order valence-electron chi connectivity index (χ3n) is 3.91. The summed E-state index contributed by atoms with van der Waals surface area (Å²) < 4.78 is 1.66. The minimum Gasteiger partial charge on any atom is -0.370 e. The molecule has 2 heterocycles. The van der Waals surface area contributed by atoms with Gasteiger partial charge in [0.05, 0.1) is 17.9 Å². The fraction of sp³-hybridized carbons (Fsp3) is 0.438. The van der Waals surface area contributed by atoms with E-state index in [1.165, 1.54) is 25.6 Å². The lowest BCUT2D eigenvalue weighted by Crippen LogP contribution is -2.30. The number of aromatic nitrogens is 3. The van der Waals surface area contributed by atoms with Crippen LogP contribution in [0.15, 0.2) is 36.9 Å². The number of anilines is 2. The normalized spacial score (nSPS) is 14.8. The summed E-state index contributed by atoms with van der Waals surface area (Å²) in [7, 11) is 0. The number of nitrogens with one attached hydrogen (secondary N) is 1. The summed E-state index contributed by atoms with van der Waals surface area (Å²) in [6.45, 7) is 2.66. The molecule has 22 heavy (non-hydrogen) atoms. The molecule has 0 aliphatic carbocycles. The first-order valence-electron chi connectivity index (χ1n) is 7.79. The molecule has 6 nitrogen and oxygen atoms in total. The topological polar surface area (TPSA) is 63.1 Å². The molecule has 6 heteroatoms. The van der Waals surface area contributed by atoms with Crippen molar-refractivity contribution in [3.05, 3.63) is 36.9 Å². The van der Waals surface area contributed by atoms with Gasteiger partial charge in [0, 0.05) is 19.5 Å². The van der Waals surface area contributed by atoms with Gasteiger partial charge in [0.1, 0.15) is 12.7 Å². The van der Waals surface area contributed by atoms with Gasteiger partial charge < -0.3 is 10.2 Å². The standard InChI is InChI=1S/C16H21N5O/c22-16(8-11-21-13-17-12-18-21)19-14-6-2-3-7-15(14)20-9-4-1-5-10-20/h2-3,6-7,12-13H,1,4-5,8-11H2,(H,19,22). The minimum atomic E-state index is -0.0000376. The van der Waals surface area contributed by atoms with Crippen molar-refractivity contribution in [3.8, 4) is 0 Å². The van der Waals surface area contributed by atoms with Crippen LogP contribution in [0.2, 0.25) is 0 Å². The van der Waals surface area contributed by atoms with Gasteiger partial charge in [-0.3, -0.25) is 9.48 Å². The highest BCUT2D eigenvalue weighted by Crippen LogP contribution is 2.28. The summed E-state index contributed by atoms with van der Waals surface area (Å²) in [5, 5.41) is 7.03. The molecule has 1 saturated heterocycles. The Morgan fingerprint density at radius 2 is 2.00 bits per heavy atom. The molecular weight excluding hydrogens is 278 g/mol. The van der Waals surface area contributed by atoms with Gasteiger partial charge in [0.2, 0.25) is 5.91 Å². The van der Waals surface area contributed by atoms with E-state index in [9.17, 15) is 4.79 Å². The number of carbonyl (C=O) groups excluding carboxylic acids is 1. The van der Waals surface area contributed by atoms with Gasteiger partial charge in [-0.25, -0.2) is 4.98 Å². The van der Waals surface area contributed by atoms with Crippen LogP contribution in [0, 0.1) is 0 Å². The number of piperidine rings is 1. The fourth-order valence-corrected chi connectivity index (χ4v) is 2.77. The molecule has 1 aliphatic rings. The quantitative estimate of drug-likeness (QED) is 0.920. The molecule has 1 amide bonds. The minimum absolute atomic E-state index is 0.0000376. The van der Waals surface area contributed by atoms with Crippen molar-refractivity contribution in [1.82, 2.24) is 14.8 Å². The maximum Gasteiger partial charge on any atom is 0.226 e. The second-order valence-electron chi connectivity index (χ2n) is 5.52. The number of amides is 1. The van der Waals surface area contributed by atoms with Crippen LogP contribution < -0.4 is 10.2 Å². The van der Waals surface area contributed by atoms with Gasteiger partial charge in [-0.15, -0.1) is 0 Å². The maximum atomic E-state index is 12.2.